The molecule has 4 saturated carbocycles. The Hall–Kier alpha value is -0.410. The predicted molar refractivity (Wildman–Crippen MR) is 84.1 cm³/mol. The van der Waals surface area contributed by atoms with Crippen molar-refractivity contribution in [2.75, 3.05) is 0 Å². The van der Waals surface area contributed by atoms with Crippen LogP contribution in [0.25, 0.3) is 0 Å². The van der Waals surface area contributed by atoms with Gasteiger partial charge in [-0.15, -0.1) is 0 Å². The van der Waals surface area contributed by atoms with Crippen molar-refractivity contribution in [3.05, 3.63) is 0 Å². The summed E-state index contributed by atoms with van der Waals surface area (Å²) < 4.78 is 0. The van der Waals surface area contributed by atoms with Gasteiger partial charge in [0, 0.05) is 12.3 Å². The normalized spacial score (nSPS) is 57.9. The van der Waals surface area contributed by atoms with Gasteiger partial charge in [-0.05, 0) is 73.5 Å². The fraction of sp³-hybridized carbons (Fsp3) is 0.947. The number of carbonyl (C=O) groups excluding carboxylic acids is 1. The standard InChI is InChI=1S/C19H30O3/c1-18-5-4-14-13(15(18)8-12(21)10-18)9-17(22)16-7-11(20)3-6-19(14,16)2/h11-16,20-21H,3-10H2,1-2H3/t11?,12?,13?,14?,15?,16-,18?,19?/m1/s1. The summed E-state index contributed by atoms with van der Waals surface area (Å²) in [5, 5.41) is 20.2. The van der Waals surface area contributed by atoms with Gasteiger partial charge in [-0.2, -0.15) is 0 Å². The molecule has 2 N–H and O–H groups in total. The van der Waals surface area contributed by atoms with E-state index in [4.69, 9.17) is 0 Å². The lowest BCUT2D eigenvalue weighted by Gasteiger charge is -2.59. The van der Waals surface area contributed by atoms with Crippen molar-refractivity contribution in [2.45, 2.75) is 77.4 Å². The first-order chi connectivity index (χ1) is 10.3. The van der Waals surface area contributed by atoms with Gasteiger partial charge >= 0.3 is 0 Å². The van der Waals surface area contributed by atoms with Crippen LogP contribution in [-0.4, -0.2) is 28.2 Å². The summed E-state index contributed by atoms with van der Waals surface area (Å²) in [4.78, 5) is 12.8. The average Bonchev–Trinajstić information content (AvgIpc) is 2.76. The van der Waals surface area contributed by atoms with Crippen LogP contribution in [0.1, 0.15) is 65.2 Å². The van der Waals surface area contributed by atoms with E-state index in [1.165, 1.54) is 12.8 Å². The van der Waals surface area contributed by atoms with E-state index in [0.29, 0.717) is 36.4 Å². The molecular weight excluding hydrogens is 276 g/mol. The van der Waals surface area contributed by atoms with Gasteiger partial charge in [-0.1, -0.05) is 13.8 Å². The topological polar surface area (TPSA) is 57.5 Å². The molecule has 3 heteroatoms. The fourth-order valence-electron chi connectivity index (χ4n) is 7.04. The zero-order valence-electron chi connectivity index (χ0n) is 13.9. The van der Waals surface area contributed by atoms with Crippen LogP contribution in [-0.2, 0) is 4.79 Å². The number of fused-ring (bicyclic) bond motifs is 5. The summed E-state index contributed by atoms with van der Waals surface area (Å²) >= 11 is 0. The Kier molecular flexibility index (Phi) is 3.30. The van der Waals surface area contributed by atoms with E-state index < -0.39 is 0 Å². The number of carbonyl (C=O) groups is 1. The third-order valence-electron chi connectivity index (χ3n) is 8.18. The molecule has 4 fully saturated rings. The molecule has 0 aliphatic heterocycles. The van der Waals surface area contributed by atoms with E-state index in [-0.39, 0.29) is 29.0 Å². The third kappa shape index (κ3) is 1.97. The van der Waals surface area contributed by atoms with Crippen LogP contribution in [0.15, 0.2) is 0 Å². The summed E-state index contributed by atoms with van der Waals surface area (Å²) in [7, 11) is 0. The fourth-order valence-corrected chi connectivity index (χ4v) is 7.04. The van der Waals surface area contributed by atoms with Gasteiger partial charge in [0.1, 0.15) is 5.78 Å². The number of hydrogen-bond acceptors (Lipinski definition) is 3. The molecule has 0 aromatic carbocycles. The molecule has 0 aromatic heterocycles. The number of ketones is 1. The van der Waals surface area contributed by atoms with Crippen molar-refractivity contribution in [3.63, 3.8) is 0 Å². The van der Waals surface area contributed by atoms with Crippen molar-refractivity contribution in [1.29, 1.82) is 0 Å². The number of hydrogen-bond donors (Lipinski definition) is 2. The Morgan fingerprint density at radius 2 is 1.77 bits per heavy atom. The smallest absolute Gasteiger partial charge is 0.136 e. The van der Waals surface area contributed by atoms with Crippen molar-refractivity contribution in [3.8, 4) is 0 Å². The van der Waals surface area contributed by atoms with Crippen LogP contribution in [0.2, 0.25) is 0 Å². The Labute approximate surface area is 133 Å². The highest BCUT2D eigenvalue weighted by atomic mass is 16.3. The second-order valence-electron chi connectivity index (χ2n) is 9.32. The van der Waals surface area contributed by atoms with Gasteiger partial charge in [0.15, 0.2) is 0 Å². The largest absolute Gasteiger partial charge is 0.393 e. The number of Topliss-reactive ketones (excluding diaryl/α,β-unsaturated/α-hetero) is 1. The molecule has 4 rings (SSSR count). The summed E-state index contributed by atoms with van der Waals surface area (Å²) in [6.45, 7) is 4.67. The van der Waals surface area contributed by atoms with Crippen LogP contribution < -0.4 is 0 Å². The summed E-state index contributed by atoms with van der Waals surface area (Å²) in [5.74, 6) is 2.09. The Balaban J connectivity index is 1.67. The molecule has 124 valence electrons. The zero-order chi connectivity index (χ0) is 15.7. The van der Waals surface area contributed by atoms with Gasteiger partial charge in [0.25, 0.3) is 0 Å². The maximum atomic E-state index is 12.8. The Morgan fingerprint density at radius 1 is 1.00 bits per heavy atom. The Bertz CT molecular complexity index is 489. The monoisotopic (exact) mass is 306 g/mol. The maximum absolute atomic E-state index is 12.8. The number of aliphatic hydroxyl groups is 2. The SMILES string of the molecule is CC12CCC3C(CC(=O)[C@H]4CC(O)CCC34C)C1CC(O)C2. The number of aliphatic hydroxyl groups excluding tert-OH is 2. The first kappa shape index (κ1) is 15.1. The molecule has 8 atom stereocenters. The van der Waals surface area contributed by atoms with E-state index in [0.717, 1.165) is 25.7 Å². The van der Waals surface area contributed by atoms with Crippen molar-refractivity contribution < 1.29 is 15.0 Å². The zero-order valence-corrected chi connectivity index (χ0v) is 13.9. The van der Waals surface area contributed by atoms with Crippen LogP contribution >= 0.6 is 0 Å². The summed E-state index contributed by atoms with van der Waals surface area (Å²) in [5.41, 5.74) is 0.340. The molecule has 22 heavy (non-hydrogen) atoms. The molecule has 4 aliphatic carbocycles. The van der Waals surface area contributed by atoms with Crippen molar-refractivity contribution in [1.82, 2.24) is 0 Å². The van der Waals surface area contributed by atoms with Crippen LogP contribution in [0, 0.1) is 34.5 Å². The van der Waals surface area contributed by atoms with Gasteiger partial charge in [-0.25, -0.2) is 0 Å². The van der Waals surface area contributed by atoms with Gasteiger partial charge in [0.2, 0.25) is 0 Å². The minimum Gasteiger partial charge on any atom is -0.393 e. The van der Waals surface area contributed by atoms with Crippen molar-refractivity contribution >= 4 is 5.78 Å². The number of rotatable bonds is 0. The minimum atomic E-state index is -0.277. The first-order valence-electron chi connectivity index (χ1n) is 9.22. The summed E-state index contributed by atoms with van der Waals surface area (Å²) in [6, 6.07) is 0. The van der Waals surface area contributed by atoms with E-state index in [2.05, 4.69) is 13.8 Å². The average molecular weight is 306 g/mol. The van der Waals surface area contributed by atoms with Gasteiger partial charge in [-0.3, -0.25) is 4.79 Å². The lowest BCUT2D eigenvalue weighted by Crippen LogP contribution is -2.56. The highest BCUT2D eigenvalue weighted by Crippen LogP contribution is 2.65. The first-order valence-corrected chi connectivity index (χ1v) is 9.22. The van der Waals surface area contributed by atoms with Crippen molar-refractivity contribution in [2.24, 2.45) is 34.5 Å². The molecule has 4 aliphatic rings. The second-order valence-corrected chi connectivity index (χ2v) is 9.32. The quantitative estimate of drug-likeness (QED) is 0.723. The van der Waals surface area contributed by atoms with E-state index >= 15 is 0 Å². The summed E-state index contributed by atoms with van der Waals surface area (Å²) in [6.07, 6.45) is 7.03. The predicted octanol–water partition coefficient (Wildman–Crippen LogP) is 2.93. The molecule has 0 bridgehead atoms. The van der Waals surface area contributed by atoms with Crippen LogP contribution in [0.5, 0.6) is 0 Å². The molecule has 3 nitrogen and oxygen atoms in total. The molecule has 7 unspecified atom stereocenters. The van der Waals surface area contributed by atoms with Gasteiger partial charge in [0.05, 0.1) is 12.2 Å². The molecule has 0 spiro atoms. The molecular formula is C19H30O3. The maximum Gasteiger partial charge on any atom is 0.136 e. The van der Waals surface area contributed by atoms with Gasteiger partial charge < -0.3 is 10.2 Å². The lowest BCUT2D eigenvalue weighted by molar-refractivity contribution is -0.157. The molecule has 0 radical (unpaired) electrons. The highest BCUT2D eigenvalue weighted by Gasteiger charge is 2.61. The van der Waals surface area contributed by atoms with Crippen LogP contribution in [0.3, 0.4) is 0 Å². The van der Waals surface area contributed by atoms with E-state index in [1.807, 2.05) is 0 Å². The molecule has 0 amide bonds. The van der Waals surface area contributed by atoms with E-state index in [1.54, 1.807) is 0 Å². The highest BCUT2D eigenvalue weighted by molar-refractivity contribution is 5.83. The van der Waals surface area contributed by atoms with E-state index in [9.17, 15) is 15.0 Å². The lowest BCUT2D eigenvalue weighted by atomic mass is 9.45. The molecule has 0 aromatic rings. The molecule has 0 saturated heterocycles. The third-order valence-corrected chi connectivity index (χ3v) is 8.18. The molecule has 0 heterocycles. The van der Waals surface area contributed by atoms with Crippen LogP contribution in [0.4, 0.5) is 0 Å². The second kappa shape index (κ2) is 4.80. The minimum absolute atomic E-state index is 0.0770. The Morgan fingerprint density at radius 3 is 2.55 bits per heavy atom.